The van der Waals surface area contributed by atoms with Crippen LogP contribution in [0.15, 0.2) is 30.3 Å². The third-order valence-electron chi connectivity index (χ3n) is 3.41. The minimum Gasteiger partial charge on any atom is -0.353 e. The van der Waals surface area contributed by atoms with Crippen molar-refractivity contribution in [2.24, 2.45) is 11.1 Å². The number of nitrogens with two attached hydrogens (primary N) is 1. The van der Waals surface area contributed by atoms with Crippen LogP contribution in [0.5, 0.6) is 0 Å². The summed E-state index contributed by atoms with van der Waals surface area (Å²) in [6.45, 7) is 8.68. The van der Waals surface area contributed by atoms with Gasteiger partial charge in [-0.1, -0.05) is 51.1 Å². The van der Waals surface area contributed by atoms with E-state index >= 15 is 0 Å². The first-order valence-corrected chi connectivity index (χ1v) is 6.41. The number of amides is 1. The zero-order valence-electron chi connectivity index (χ0n) is 11.7. The zero-order valence-corrected chi connectivity index (χ0v) is 11.7. The van der Waals surface area contributed by atoms with Crippen LogP contribution in [0, 0.1) is 5.41 Å². The first-order valence-electron chi connectivity index (χ1n) is 6.41. The van der Waals surface area contributed by atoms with E-state index in [1.807, 2.05) is 37.3 Å². The van der Waals surface area contributed by atoms with Crippen molar-refractivity contribution in [3.05, 3.63) is 35.9 Å². The predicted molar refractivity (Wildman–Crippen MR) is 75.3 cm³/mol. The molecule has 0 radical (unpaired) electrons. The standard InChI is InChI=1S/C15H24N2O/c1-11(15(2,3)4)17-14(18)13(10-16)12-8-6-5-7-9-12/h5-9,11,13H,10,16H2,1-4H3,(H,17,18). The largest absolute Gasteiger partial charge is 0.353 e. The summed E-state index contributed by atoms with van der Waals surface area (Å²) in [6.07, 6.45) is 0. The van der Waals surface area contributed by atoms with Gasteiger partial charge in [0, 0.05) is 12.6 Å². The lowest BCUT2D eigenvalue weighted by Crippen LogP contribution is -2.44. The van der Waals surface area contributed by atoms with Gasteiger partial charge in [0.05, 0.1) is 5.92 Å². The fraction of sp³-hybridized carbons (Fsp3) is 0.533. The summed E-state index contributed by atoms with van der Waals surface area (Å²) in [5.74, 6) is -0.262. The van der Waals surface area contributed by atoms with Gasteiger partial charge in [0.25, 0.3) is 0 Å². The number of hydrogen-bond acceptors (Lipinski definition) is 2. The van der Waals surface area contributed by atoms with Gasteiger partial charge < -0.3 is 11.1 Å². The lowest BCUT2D eigenvalue weighted by molar-refractivity contribution is -0.123. The summed E-state index contributed by atoms with van der Waals surface area (Å²) in [4.78, 5) is 12.2. The molecule has 1 amide bonds. The molecule has 3 nitrogen and oxygen atoms in total. The van der Waals surface area contributed by atoms with E-state index in [2.05, 4.69) is 26.1 Å². The highest BCUT2D eigenvalue weighted by Crippen LogP contribution is 2.20. The Kier molecular flexibility index (Phi) is 4.91. The van der Waals surface area contributed by atoms with Gasteiger partial charge in [-0.05, 0) is 17.9 Å². The van der Waals surface area contributed by atoms with E-state index < -0.39 is 0 Å². The van der Waals surface area contributed by atoms with Crippen molar-refractivity contribution < 1.29 is 4.79 Å². The lowest BCUT2D eigenvalue weighted by atomic mass is 9.87. The Hall–Kier alpha value is -1.35. The van der Waals surface area contributed by atoms with Crippen LogP contribution in [0.25, 0.3) is 0 Å². The normalized spacial score (nSPS) is 14.9. The maximum Gasteiger partial charge on any atom is 0.229 e. The average Bonchev–Trinajstić information content (AvgIpc) is 2.30. The van der Waals surface area contributed by atoms with Gasteiger partial charge in [0.15, 0.2) is 0 Å². The lowest BCUT2D eigenvalue weighted by Gasteiger charge is -2.29. The molecule has 2 atom stereocenters. The monoisotopic (exact) mass is 248 g/mol. The maximum atomic E-state index is 12.2. The molecule has 0 aliphatic heterocycles. The molecule has 0 saturated carbocycles. The number of nitrogens with one attached hydrogen (secondary N) is 1. The highest BCUT2D eigenvalue weighted by molar-refractivity contribution is 5.84. The Morgan fingerprint density at radius 1 is 1.28 bits per heavy atom. The quantitative estimate of drug-likeness (QED) is 0.859. The first kappa shape index (κ1) is 14.7. The number of rotatable bonds is 4. The number of carbonyl (C=O) groups is 1. The topological polar surface area (TPSA) is 55.1 Å². The van der Waals surface area contributed by atoms with E-state index in [-0.39, 0.29) is 23.3 Å². The van der Waals surface area contributed by atoms with E-state index in [1.54, 1.807) is 0 Å². The molecule has 0 heterocycles. The summed E-state index contributed by atoms with van der Waals surface area (Å²) in [6, 6.07) is 9.80. The van der Waals surface area contributed by atoms with E-state index in [9.17, 15) is 4.79 Å². The van der Waals surface area contributed by atoms with Gasteiger partial charge >= 0.3 is 0 Å². The molecule has 0 fully saturated rings. The summed E-state index contributed by atoms with van der Waals surface area (Å²) >= 11 is 0. The first-order chi connectivity index (χ1) is 8.36. The molecule has 3 N–H and O–H groups in total. The molecular weight excluding hydrogens is 224 g/mol. The van der Waals surface area contributed by atoms with Crippen molar-refractivity contribution in [2.75, 3.05) is 6.54 Å². The molecule has 1 rings (SSSR count). The molecular formula is C15H24N2O. The molecule has 2 unspecified atom stereocenters. The number of hydrogen-bond donors (Lipinski definition) is 2. The van der Waals surface area contributed by atoms with Crippen molar-refractivity contribution in [3.8, 4) is 0 Å². The smallest absolute Gasteiger partial charge is 0.229 e. The van der Waals surface area contributed by atoms with Gasteiger partial charge in [-0.3, -0.25) is 4.79 Å². The Morgan fingerprint density at radius 2 is 1.83 bits per heavy atom. The summed E-state index contributed by atoms with van der Waals surface area (Å²) in [5, 5.41) is 3.05. The highest BCUT2D eigenvalue weighted by Gasteiger charge is 2.25. The molecule has 100 valence electrons. The molecule has 0 aliphatic carbocycles. The second-order valence-electron chi connectivity index (χ2n) is 5.80. The third-order valence-corrected chi connectivity index (χ3v) is 3.41. The van der Waals surface area contributed by atoms with Crippen molar-refractivity contribution >= 4 is 5.91 Å². The van der Waals surface area contributed by atoms with Crippen molar-refractivity contribution in [1.82, 2.24) is 5.32 Å². The third kappa shape index (κ3) is 3.84. The second-order valence-corrected chi connectivity index (χ2v) is 5.80. The molecule has 0 aromatic heterocycles. The molecule has 0 bridgehead atoms. The highest BCUT2D eigenvalue weighted by atomic mass is 16.2. The Bertz CT molecular complexity index is 381. The minimum atomic E-state index is -0.268. The minimum absolute atomic E-state index is 0.00567. The Balaban J connectivity index is 2.76. The molecule has 1 aromatic carbocycles. The van der Waals surface area contributed by atoms with E-state index in [0.717, 1.165) is 5.56 Å². The second kappa shape index (κ2) is 6.01. The van der Waals surface area contributed by atoms with Crippen molar-refractivity contribution in [2.45, 2.75) is 39.7 Å². The van der Waals surface area contributed by atoms with E-state index in [0.29, 0.717) is 6.54 Å². The SMILES string of the molecule is CC(NC(=O)C(CN)c1ccccc1)C(C)(C)C. The van der Waals surface area contributed by atoms with Gasteiger partial charge in [-0.2, -0.15) is 0 Å². The van der Waals surface area contributed by atoms with Gasteiger partial charge in [0.2, 0.25) is 5.91 Å². The maximum absolute atomic E-state index is 12.2. The average molecular weight is 248 g/mol. The van der Waals surface area contributed by atoms with Crippen LogP contribution in [0.3, 0.4) is 0 Å². The molecule has 0 spiro atoms. The van der Waals surface area contributed by atoms with Crippen LogP contribution in [0.2, 0.25) is 0 Å². The van der Waals surface area contributed by atoms with Crippen LogP contribution in [0.1, 0.15) is 39.2 Å². The molecule has 0 saturated heterocycles. The number of carbonyl (C=O) groups excluding carboxylic acids is 1. The van der Waals surface area contributed by atoms with Crippen molar-refractivity contribution in [1.29, 1.82) is 0 Å². The predicted octanol–water partition coefficient (Wildman–Crippen LogP) is 2.28. The van der Waals surface area contributed by atoms with Gasteiger partial charge in [0.1, 0.15) is 0 Å². The fourth-order valence-corrected chi connectivity index (χ4v) is 1.61. The molecule has 18 heavy (non-hydrogen) atoms. The van der Waals surface area contributed by atoms with Gasteiger partial charge in [-0.25, -0.2) is 0 Å². The fourth-order valence-electron chi connectivity index (χ4n) is 1.61. The molecule has 1 aromatic rings. The van der Waals surface area contributed by atoms with E-state index in [1.165, 1.54) is 0 Å². The summed E-state index contributed by atoms with van der Waals surface area (Å²) in [5.41, 5.74) is 6.75. The summed E-state index contributed by atoms with van der Waals surface area (Å²) in [7, 11) is 0. The zero-order chi connectivity index (χ0) is 13.8. The molecule has 0 aliphatic rings. The Labute approximate surface area is 110 Å². The van der Waals surface area contributed by atoms with Crippen LogP contribution < -0.4 is 11.1 Å². The van der Waals surface area contributed by atoms with E-state index in [4.69, 9.17) is 5.73 Å². The van der Waals surface area contributed by atoms with Crippen molar-refractivity contribution in [3.63, 3.8) is 0 Å². The molecule has 3 heteroatoms. The van der Waals surface area contributed by atoms with Crippen LogP contribution >= 0.6 is 0 Å². The summed E-state index contributed by atoms with van der Waals surface area (Å²) < 4.78 is 0. The van der Waals surface area contributed by atoms with Crippen LogP contribution in [-0.2, 0) is 4.79 Å². The van der Waals surface area contributed by atoms with Gasteiger partial charge in [-0.15, -0.1) is 0 Å². The number of benzene rings is 1. The Morgan fingerprint density at radius 3 is 2.28 bits per heavy atom. The van der Waals surface area contributed by atoms with Crippen LogP contribution in [0.4, 0.5) is 0 Å². The van der Waals surface area contributed by atoms with Crippen LogP contribution in [-0.4, -0.2) is 18.5 Å².